The quantitative estimate of drug-likeness (QED) is 0.428. The highest BCUT2D eigenvalue weighted by Gasteiger charge is 2.36. The van der Waals surface area contributed by atoms with Crippen LogP contribution >= 0.6 is 0 Å². The van der Waals surface area contributed by atoms with Crippen LogP contribution < -0.4 is 5.32 Å². The normalized spacial score (nSPS) is 13.3. The number of hydrogen-bond acceptors (Lipinski definition) is 5. The van der Waals surface area contributed by atoms with Crippen molar-refractivity contribution in [2.45, 2.75) is 72.2 Å². The monoisotopic (exact) mass is 492 g/mol. The molecule has 0 aliphatic rings. The average molecular weight is 493 g/mol. The molecule has 8 heteroatoms. The molecular formula is C26H40N2O5S. The molecule has 0 unspecified atom stereocenters. The number of hydrogen-bond donors (Lipinski definition) is 1. The number of benzene rings is 1. The van der Waals surface area contributed by atoms with Crippen molar-refractivity contribution in [1.82, 2.24) is 9.62 Å². The summed E-state index contributed by atoms with van der Waals surface area (Å²) in [5.74, 6) is -0.531. The number of amides is 2. The van der Waals surface area contributed by atoms with Crippen molar-refractivity contribution in [2.75, 3.05) is 13.2 Å². The summed E-state index contributed by atoms with van der Waals surface area (Å²) >= 11 is 0. The van der Waals surface area contributed by atoms with Gasteiger partial charge in [-0.2, -0.15) is 4.31 Å². The van der Waals surface area contributed by atoms with Crippen LogP contribution in [0, 0.1) is 18.3 Å². The molecule has 1 atom stereocenters. The lowest BCUT2D eigenvalue weighted by Crippen LogP contribution is -2.51. The Morgan fingerprint density at radius 1 is 1.18 bits per heavy atom. The smallest absolute Gasteiger partial charge is 0.414 e. The van der Waals surface area contributed by atoms with Crippen LogP contribution in [0.2, 0.25) is 0 Å². The number of nitrogens with one attached hydrogen (secondary N) is 1. The Morgan fingerprint density at radius 3 is 2.26 bits per heavy atom. The van der Waals surface area contributed by atoms with Crippen LogP contribution in [0.1, 0.15) is 59.9 Å². The summed E-state index contributed by atoms with van der Waals surface area (Å²) in [6.45, 7) is 17.6. The zero-order valence-corrected chi connectivity index (χ0v) is 22.4. The van der Waals surface area contributed by atoms with E-state index in [1.54, 1.807) is 25.1 Å². The Hall–Kier alpha value is -2.45. The van der Waals surface area contributed by atoms with Gasteiger partial charge in [0.15, 0.2) is 0 Å². The lowest BCUT2D eigenvalue weighted by Gasteiger charge is -2.30. The van der Waals surface area contributed by atoms with E-state index in [1.165, 1.54) is 16.4 Å². The third-order valence-electron chi connectivity index (χ3n) is 4.90. The van der Waals surface area contributed by atoms with Crippen LogP contribution in [0.3, 0.4) is 0 Å². The Balaban J connectivity index is 3.18. The first-order chi connectivity index (χ1) is 15.6. The Labute approximate surface area is 205 Å². The van der Waals surface area contributed by atoms with Gasteiger partial charge in [-0.1, -0.05) is 70.0 Å². The molecule has 0 aliphatic carbocycles. The second-order valence-electron chi connectivity index (χ2n) is 10.1. The van der Waals surface area contributed by atoms with E-state index in [1.807, 2.05) is 47.6 Å². The lowest BCUT2D eigenvalue weighted by atomic mass is 9.96. The molecule has 0 aliphatic heterocycles. The van der Waals surface area contributed by atoms with Gasteiger partial charge in [-0.3, -0.25) is 10.1 Å². The SMILES string of the molecule is C=C(C)C[C@@H](C(=O)NC(=O)OCC=CC(C)(C)C)N(CCC(C)C)S(=O)(=O)c1ccc(C)cc1. The maximum atomic E-state index is 13.6. The van der Waals surface area contributed by atoms with Crippen molar-refractivity contribution in [3.05, 3.63) is 54.1 Å². The minimum absolute atomic E-state index is 0.000263. The van der Waals surface area contributed by atoms with E-state index in [2.05, 4.69) is 11.9 Å². The summed E-state index contributed by atoms with van der Waals surface area (Å²) in [5.41, 5.74) is 1.48. The number of carbonyl (C=O) groups excluding carboxylic acids is 2. The molecular weight excluding hydrogens is 452 g/mol. The van der Waals surface area contributed by atoms with Crippen LogP contribution in [0.25, 0.3) is 0 Å². The third kappa shape index (κ3) is 10.2. The first-order valence-corrected chi connectivity index (χ1v) is 13.0. The van der Waals surface area contributed by atoms with E-state index >= 15 is 0 Å². The number of ether oxygens (including phenoxy) is 1. The largest absolute Gasteiger partial charge is 0.445 e. The van der Waals surface area contributed by atoms with E-state index in [0.29, 0.717) is 12.0 Å². The molecule has 0 aromatic heterocycles. The molecule has 0 fully saturated rings. The zero-order chi connectivity index (χ0) is 26.1. The van der Waals surface area contributed by atoms with Gasteiger partial charge in [-0.05, 0) is 50.2 Å². The summed E-state index contributed by atoms with van der Waals surface area (Å²) in [6, 6.07) is 5.34. The fourth-order valence-electron chi connectivity index (χ4n) is 3.08. The molecule has 0 saturated carbocycles. The van der Waals surface area contributed by atoms with Gasteiger partial charge in [-0.15, -0.1) is 6.58 Å². The second-order valence-corrected chi connectivity index (χ2v) is 12.0. The van der Waals surface area contributed by atoms with E-state index < -0.39 is 28.1 Å². The molecule has 0 spiro atoms. The van der Waals surface area contributed by atoms with Crippen molar-refractivity contribution < 1.29 is 22.7 Å². The fraction of sp³-hybridized carbons (Fsp3) is 0.538. The topological polar surface area (TPSA) is 92.8 Å². The molecule has 7 nitrogen and oxygen atoms in total. The fourth-order valence-corrected chi connectivity index (χ4v) is 4.68. The number of imide groups is 1. The highest BCUT2D eigenvalue weighted by molar-refractivity contribution is 7.89. The maximum absolute atomic E-state index is 13.6. The van der Waals surface area contributed by atoms with Gasteiger partial charge in [0.25, 0.3) is 0 Å². The van der Waals surface area contributed by atoms with Gasteiger partial charge in [0, 0.05) is 6.54 Å². The van der Waals surface area contributed by atoms with Crippen LogP contribution in [0.5, 0.6) is 0 Å². The molecule has 1 aromatic carbocycles. The van der Waals surface area contributed by atoms with Crippen molar-refractivity contribution in [3.8, 4) is 0 Å². The van der Waals surface area contributed by atoms with Crippen LogP contribution in [-0.2, 0) is 19.6 Å². The van der Waals surface area contributed by atoms with Crippen LogP contribution in [0.4, 0.5) is 4.79 Å². The van der Waals surface area contributed by atoms with Gasteiger partial charge in [-0.25, -0.2) is 13.2 Å². The van der Waals surface area contributed by atoms with Gasteiger partial charge < -0.3 is 4.74 Å². The van der Waals surface area contributed by atoms with Gasteiger partial charge in [0.05, 0.1) is 4.90 Å². The van der Waals surface area contributed by atoms with Crippen molar-refractivity contribution in [1.29, 1.82) is 0 Å². The second kappa shape index (κ2) is 12.9. The number of allylic oxidation sites excluding steroid dienone is 1. The molecule has 0 bridgehead atoms. The molecule has 190 valence electrons. The minimum Gasteiger partial charge on any atom is -0.445 e. The van der Waals surface area contributed by atoms with Gasteiger partial charge in [0.2, 0.25) is 15.9 Å². The molecule has 0 saturated heterocycles. The summed E-state index contributed by atoms with van der Waals surface area (Å²) in [7, 11) is -4.01. The molecule has 0 heterocycles. The van der Waals surface area contributed by atoms with Crippen molar-refractivity contribution in [2.24, 2.45) is 11.3 Å². The minimum atomic E-state index is -4.01. The number of aryl methyl sites for hydroxylation is 1. The predicted molar refractivity (Wildman–Crippen MR) is 136 cm³/mol. The van der Waals surface area contributed by atoms with E-state index in [4.69, 9.17) is 4.74 Å². The highest BCUT2D eigenvalue weighted by Crippen LogP contribution is 2.24. The first kappa shape index (κ1) is 29.6. The first-order valence-electron chi connectivity index (χ1n) is 11.5. The van der Waals surface area contributed by atoms with Crippen LogP contribution in [-0.4, -0.2) is 43.9 Å². The maximum Gasteiger partial charge on any atom is 0.414 e. The molecule has 0 radical (unpaired) electrons. The lowest BCUT2D eigenvalue weighted by molar-refractivity contribution is -0.124. The summed E-state index contributed by atoms with van der Waals surface area (Å²) in [4.78, 5) is 25.5. The average Bonchev–Trinajstić information content (AvgIpc) is 2.69. The summed E-state index contributed by atoms with van der Waals surface area (Å²) < 4.78 is 33.4. The highest BCUT2D eigenvalue weighted by atomic mass is 32.2. The number of alkyl carbamates (subject to hydrolysis) is 1. The third-order valence-corrected chi connectivity index (χ3v) is 6.82. The van der Waals surface area contributed by atoms with Gasteiger partial charge >= 0.3 is 6.09 Å². The number of rotatable bonds is 11. The zero-order valence-electron chi connectivity index (χ0n) is 21.6. The molecule has 2 amide bonds. The standard InChI is InChI=1S/C26H40N2O5S/c1-19(2)14-16-28(34(31,32)22-12-10-21(5)11-13-22)23(18-20(3)4)24(29)27-25(30)33-17-9-15-26(6,7)8/h9-13,15,19,23H,3,14,16-18H2,1-2,4-8H3,(H,27,29,30)/t23-/m0/s1. The number of sulfonamides is 1. The summed E-state index contributed by atoms with van der Waals surface area (Å²) in [6.07, 6.45) is 3.30. The molecule has 1 rings (SSSR count). The number of carbonyl (C=O) groups is 2. The number of nitrogens with zero attached hydrogens (tertiary/aromatic N) is 1. The van der Waals surface area contributed by atoms with E-state index in [9.17, 15) is 18.0 Å². The van der Waals surface area contributed by atoms with Gasteiger partial charge in [0.1, 0.15) is 12.6 Å². The molecule has 34 heavy (non-hydrogen) atoms. The van der Waals surface area contributed by atoms with Crippen LogP contribution in [0.15, 0.2) is 53.5 Å². The Kier molecular flexibility index (Phi) is 11.2. The van der Waals surface area contributed by atoms with E-state index in [-0.39, 0.29) is 35.8 Å². The molecule has 1 N–H and O–H groups in total. The van der Waals surface area contributed by atoms with Crippen molar-refractivity contribution in [3.63, 3.8) is 0 Å². The molecule has 1 aromatic rings. The predicted octanol–water partition coefficient (Wildman–Crippen LogP) is 5.22. The van der Waals surface area contributed by atoms with E-state index in [0.717, 1.165) is 5.56 Å². The summed E-state index contributed by atoms with van der Waals surface area (Å²) in [5, 5.41) is 2.20. The van der Waals surface area contributed by atoms with Crippen molar-refractivity contribution >= 4 is 22.0 Å². The Morgan fingerprint density at radius 2 is 1.76 bits per heavy atom. The Bertz CT molecular complexity index is 973.